The van der Waals surface area contributed by atoms with E-state index in [1.54, 1.807) is 0 Å². The van der Waals surface area contributed by atoms with Crippen LogP contribution in [-0.4, -0.2) is 17.5 Å². The summed E-state index contributed by atoms with van der Waals surface area (Å²) in [7, 11) is 0. The van der Waals surface area contributed by atoms with Crippen molar-refractivity contribution in [2.45, 2.75) is 6.42 Å². The summed E-state index contributed by atoms with van der Waals surface area (Å²) in [4.78, 5) is 10.3. The highest BCUT2D eigenvalue weighted by Gasteiger charge is 1.90. The van der Waals surface area contributed by atoms with E-state index in [1.165, 1.54) is 6.08 Å². The zero-order chi connectivity index (χ0) is 6.41. The lowest BCUT2D eigenvalue weighted by atomic mass is 10.3. The molecule has 1 N–H and O–H groups in total. The second kappa shape index (κ2) is 4.81. The van der Waals surface area contributed by atoms with Gasteiger partial charge in [-0.25, -0.2) is 0 Å². The SMILES string of the molecule is O=C(C=CCl)CCO. The molecule has 0 aromatic heterocycles. The lowest BCUT2D eigenvalue weighted by Gasteiger charge is -1.83. The van der Waals surface area contributed by atoms with Gasteiger partial charge in [-0.15, -0.1) is 0 Å². The lowest BCUT2D eigenvalue weighted by Crippen LogP contribution is -1.94. The summed E-state index contributed by atoms with van der Waals surface area (Å²) in [6.45, 7) is -0.111. The zero-order valence-corrected chi connectivity index (χ0v) is 5.06. The van der Waals surface area contributed by atoms with Crippen LogP contribution in [0.15, 0.2) is 11.6 Å². The van der Waals surface area contributed by atoms with Gasteiger partial charge in [0.15, 0.2) is 5.78 Å². The highest BCUT2D eigenvalue weighted by atomic mass is 35.5. The first-order chi connectivity index (χ1) is 3.81. The van der Waals surface area contributed by atoms with Crippen LogP contribution in [0.25, 0.3) is 0 Å². The maximum absolute atomic E-state index is 10.3. The van der Waals surface area contributed by atoms with Crippen LogP contribution in [-0.2, 0) is 4.79 Å². The molecule has 0 heterocycles. The molecule has 0 aliphatic rings. The molecule has 0 rings (SSSR count). The van der Waals surface area contributed by atoms with Crippen molar-refractivity contribution in [1.29, 1.82) is 0 Å². The predicted molar refractivity (Wildman–Crippen MR) is 31.7 cm³/mol. The van der Waals surface area contributed by atoms with Crippen LogP contribution in [0.1, 0.15) is 6.42 Å². The van der Waals surface area contributed by atoms with E-state index in [0.717, 1.165) is 5.54 Å². The molecule has 0 radical (unpaired) electrons. The van der Waals surface area contributed by atoms with Gasteiger partial charge in [-0.05, 0) is 6.08 Å². The monoisotopic (exact) mass is 134 g/mol. The number of carbonyl (C=O) groups excluding carboxylic acids is 1. The van der Waals surface area contributed by atoms with Gasteiger partial charge in [0.2, 0.25) is 0 Å². The molecule has 46 valence electrons. The van der Waals surface area contributed by atoms with E-state index < -0.39 is 0 Å². The first-order valence-corrected chi connectivity index (χ1v) is 2.65. The summed E-state index contributed by atoms with van der Waals surface area (Å²) >= 11 is 5.05. The van der Waals surface area contributed by atoms with E-state index >= 15 is 0 Å². The molecule has 3 heteroatoms. The highest BCUT2D eigenvalue weighted by Crippen LogP contribution is 1.85. The Balaban J connectivity index is 3.33. The number of halogens is 1. The summed E-state index contributed by atoms with van der Waals surface area (Å²) in [6.07, 6.45) is 1.38. The average molecular weight is 135 g/mol. The van der Waals surface area contributed by atoms with Crippen LogP contribution in [0, 0.1) is 0 Å². The summed E-state index contributed by atoms with van der Waals surface area (Å²) in [5.41, 5.74) is 1.14. The number of carbonyl (C=O) groups is 1. The van der Waals surface area contributed by atoms with E-state index in [2.05, 4.69) is 0 Å². The minimum Gasteiger partial charge on any atom is -0.396 e. The van der Waals surface area contributed by atoms with E-state index in [-0.39, 0.29) is 18.8 Å². The van der Waals surface area contributed by atoms with E-state index in [1.807, 2.05) is 0 Å². The Morgan fingerprint density at radius 3 is 2.75 bits per heavy atom. The number of hydrogen-bond donors (Lipinski definition) is 1. The van der Waals surface area contributed by atoms with Gasteiger partial charge < -0.3 is 5.11 Å². The van der Waals surface area contributed by atoms with Gasteiger partial charge in [-0.1, -0.05) is 11.6 Å². The van der Waals surface area contributed by atoms with Crippen LogP contribution in [0.4, 0.5) is 0 Å². The Morgan fingerprint density at radius 1 is 1.75 bits per heavy atom. The van der Waals surface area contributed by atoms with Crippen molar-refractivity contribution in [1.82, 2.24) is 0 Å². The first-order valence-electron chi connectivity index (χ1n) is 2.21. The molecule has 0 unspecified atom stereocenters. The average Bonchev–Trinajstić information content (AvgIpc) is 1.68. The molecule has 0 aromatic rings. The third kappa shape index (κ3) is 3.84. The van der Waals surface area contributed by atoms with Gasteiger partial charge in [0.25, 0.3) is 0 Å². The molecule has 0 bridgehead atoms. The van der Waals surface area contributed by atoms with Crippen LogP contribution in [0.3, 0.4) is 0 Å². The number of ketones is 1. The van der Waals surface area contributed by atoms with Crippen LogP contribution >= 0.6 is 11.6 Å². The van der Waals surface area contributed by atoms with Gasteiger partial charge in [0, 0.05) is 12.0 Å². The van der Waals surface area contributed by atoms with Crippen LogP contribution in [0.2, 0.25) is 0 Å². The van der Waals surface area contributed by atoms with Crippen molar-refractivity contribution in [3.05, 3.63) is 11.6 Å². The Bertz CT molecular complexity index is 98.6. The molecule has 0 aliphatic carbocycles. The van der Waals surface area contributed by atoms with Crippen molar-refractivity contribution in [3.8, 4) is 0 Å². The fourth-order valence-electron chi connectivity index (χ4n) is 0.264. The van der Waals surface area contributed by atoms with E-state index in [0.29, 0.717) is 0 Å². The topological polar surface area (TPSA) is 37.3 Å². The van der Waals surface area contributed by atoms with Gasteiger partial charge in [0.1, 0.15) is 0 Å². The van der Waals surface area contributed by atoms with E-state index in [4.69, 9.17) is 16.7 Å². The van der Waals surface area contributed by atoms with Crippen LogP contribution < -0.4 is 0 Å². The third-order valence-electron chi connectivity index (χ3n) is 0.607. The Hall–Kier alpha value is -0.340. The molecule has 0 aliphatic heterocycles. The summed E-state index contributed by atoms with van der Waals surface area (Å²) in [5, 5.41) is 8.17. The van der Waals surface area contributed by atoms with Crippen molar-refractivity contribution < 1.29 is 9.90 Å². The van der Waals surface area contributed by atoms with Gasteiger partial charge >= 0.3 is 0 Å². The number of allylic oxidation sites excluding steroid dienone is 1. The van der Waals surface area contributed by atoms with Crippen molar-refractivity contribution in [2.24, 2.45) is 0 Å². The molecular weight excluding hydrogens is 128 g/mol. The van der Waals surface area contributed by atoms with Crippen molar-refractivity contribution >= 4 is 17.4 Å². The van der Waals surface area contributed by atoms with Crippen molar-refractivity contribution in [2.75, 3.05) is 6.61 Å². The fraction of sp³-hybridized carbons (Fsp3) is 0.400. The smallest absolute Gasteiger partial charge is 0.158 e. The summed E-state index contributed by atoms with van der Waals surface area (Å²) < 4.78 is 0. The van der Waals surface area contributed by atoms with Gasteiger partial charge in [-0.3, -0.25) is 4.79 Å². The number of aliphatic hydroxyl groups is 1. The molecule has 0 saturated carbocycles. The summed E-state index contributed by atoms with van der Waals surface area (Å²) in [5.74, 6) is -0.150. The molecule has 0 amide bonds. The number of hydrogen-bond acceptors (Lipinski definition) is 2. The molecule has 8 heavy (non-hydrogen) atoms. The largest absolute Gasteiger partial charge is 0.396 e. The third-order valence-corrected chi connectivity index (χ3v) is 0.733. The van der Waals surface area contributed by atoms with Crippen molar-refractivity contribution in [3.63, 3.8) is 0 Å². The summed E-state index contributed by atoms with van der Waals surface area (Å²) in [6, 6.07) is 0. The Labute approximate surface area is 52.8 Å². The van der Waals surface area contributed by atoms with E-state index in [9.17, 15) is 4.79 Å². The normalized spacial score (nSPS) is 10.2. The molecule has 2 nitrogen and oxygen atoms in total. The first kappa shape index (κ1) is 7.66. The zero-order valence-electron chi connectivity index (χ0n) is 4.30. The molecule has 0 fully saturated rings. The quantitative estimate of drug-likeness (QED) is 0.577. The second-order valence-electron chi connectivity index (χ2n) is 1.23. The molecule has 0 atom stereocenters. The standard InChI is InChI=1S/C5H7ClO2/c6-3-1-5(8)2-4-7/h1,3,7H,2,4H2. The minimum atomic E-state index is -0.150. The minimum absolute atomic E-state index is 0.111. The molecular formula is C5H7ClO2. The molecule has 0 spiro atoms. The molecule has 0 saturated heterocycles. The number of aliphatic hydroxyl groups excluding tert-OH is 1. The van der Waals surface area contributed by atoms with Gasteiger partial charge in [0.05, 0.1) is 6.61 Å². The lowest BCUT2D eigenvalue weighted by molar-refractivity contribution is -0.115. The predicted octanol–water partition coefficient (Wildman–Crippen LogP) is 0.690. The maximum Gasteiger partial charge on any atom is 0.158 e. The maximum atomic E-state index is 10.3. The Morgan fingerprint density at radius 2 is 2.38 bits per heavy atom. The Kier molecular flexibility index (Phi) is 4.61. The number of rotatable bonds is 3. The molecule has 0 aromatic carbocycles. The highest BCUT2D eigenvalue weighted by molar-refractivity contribution is 6.26. The van der Waals surface area contributed by atoms with Gasteiger partial charge in [-0.2, -0.15) is 0 Å². The second-order valence-corrected chi connectivity index (χ2v) is 1.48. The fourth-order valence-corrected chi connectivity index (χ4v) is 0.404. The van der Waals surface area contributed by atoms with Crippen LogP contribution in [0.5, 0.6) is 0 Å².